The molecule has 0 spiro atoms. The van der Waals surface area contributed by atoms with E-state index in [-0.39, 0.29) is 11.8 Å². The van der Waals surface area contributed by atoms with Gasteiger partial charge in [-0.2, -0.15) is 5.10 Å². The molecule has 0 saturated heterocycles. The number of methoxy groups -OCH3 is 1. The van der Waals surface area contributed by atoms with Crippen molar-refractivity contribution in [1.29, 1.82) is 0 Å². The van der Waals surface area contributed by atoms with Gasteiger partial charge in [-0.1, -0.05) is 105 Å². The van der Waals surface area contributed by atoms with Gasteiger partial charge in [0, 0.05) is 19.8 Å². The third kappa shape index (κ3) is 4.07. The molecule has 6 rings (SSSR count). The molecule has 1 unspecified atom stereocenters. The quantitative estimate of drug-likeness (QED) is 0.250. The topological polar surface area (TPSA) is 81.1 Å². The van der Waals surface area contributed by atoms with E-state index >= 15 is 0 Å². The van der Waals surface area contributed by atoms with Crippen molar-refractivity contribution in [3.63, 3.8) is 0 Å². The Morgan fingerprint density at radius 1 is 0.929 bits per heavy atom. The van der Waals surface area contributed by atoms with Gasteiger partial charge in [0.05, 0.1) is 34.8 Å². The monoisotopic (exact) mass is 557 g/mol. The fourth-order valence-electron chi connectivity index (χ4n) is 6.36. The van der Waals surface area contributed by atoms with Gasteiger partial charge in [0.15, 0.2) is 0 Å². The first-order chi connectivity index (χ1) is 20.5. The van der Waals surface area contributed by atoms with Gasteiger partial charge in [0.2, 0.25) is 5.88 Å². The Bertz CT molecular complexity index is 1650. The molecule has 0 radical (unpaired) electrons. The van der Waals surface area contributed by atoms with Crippen LogP contribution in [0.1, 0.15) is 36.2 Å². The van der Waals surface area contributed by atoms with Gasteiger partial charge in [-0.15, -0.1) is 0 Å². The second-order valence-electron chi connectivity index (χ2n) is 11.0. The zero-order valence-electron chi connectivity index (χ0n) is 24.3. The number of aromatic nitrogens is 3. The van der Waals surface area contributed by atoms with Crippen LogP contribution >= 0.6 is 0 Å². The molecule has 42 heavy (non-hydrogen) atoms. The van der Waals surface area contributed by atoms with E-state index in [9.17, 15) is 4.79 Å². The SMILES string of the molecule is CNC(=O)C1=CC(c2nn(C(c3ccccc3)(c3ccccc3)c3ccccc3)c3ccnc(OC)c23)(C(C)C)CN1. The standard InChI is InChI=1S/C35H35N5O2/c1-24(2)34(22-28(38-23-34)32(41)36-3)31-30-29(20-21-37-33(30)42-4)40(39-31)35(25-14-8-5-9-15-25,26-16-10-6-11-17-26)27-18-12-7-13-19-27/h5-22,24,38H,23H2,1-4H3,(H,36,41). The number of rotatable bonds is 8. The maximum absolute atomic E-state index is 12.8. The summed E-state index contributed by atoms with van der Waals surface area (Å²) < 4.78 is 8.04. The van der Waals surface area contributed by atoms with Gasteiger partial charge >= 0.3 is 0 Å². The highest BCUT2D eigenvalue weighted by Crippen LogP contribution is 2.47. The van der Waals surface area contributed by atoms with Crippen LogP contribution in [0.4, 0.5) is 0 Å². The molecule has 7 heteroatoms. The van der Waals surface area contributed by atoms with Crippen molar-refractivity contribution in [3.8, 4) is 5.88 Å². The molecule has 2 aromatic heterocycles. The number of ether oxygens (including phenoxy) is 1. The van der Waals surface area contributed by atoms with Crippen molar-refractivity contribution in [2.24, 2.45) is 5.92 Å². The number of hydrogen-bond donors (Lipinski definition) is 2. The largest absolute Gasteiger partial charge is 0.480 e. The lowest BCUT2D eigenvalue weighted by atomic mass is 9.74. The minimum atomic E-state index is -0.829. The van der Waals surface area contributed by atoms with Gasteiger partial charge in [0.25, 0.3) is 5.91 Å². The van der Waals surface area contributed by atoms with Crippen molar-refractivity contribution >= 4 is 16.8 Å². The molecule has 0 fully saturated rings. The van der Waals surface area contributed by atoms with Crippen LogP contribution in [-0.4, -0.2) is 41.4 Å². The summed E-state index contributed by atoms with van der Waals surface area (Å²) >= 11 is 0. The molecular weight excluding hydrogens is 522 g/mol. The lowest BCUT2D eigenvalue weighted by Gasteiger charge is -2.37. The Hall–Kier alpha value is -4.91. The Kier molecular flexibility index (Phi) is 7.02. The highest BCUT2D eigenvalue weighted by Gasteiger charge is 2.47. The van der Waals surface area contributed by atoms with E-state index in [2.05, 4.69) is 107 Å². The van der Waals surface area contributed by atoms with E-state index in [1.54, 1.807) is 20.4 Å². The summed E-state index contributed by atoms with van der Waals surface area (Å²) in [5.41, 5.74) is 4.02. The zero-order chi connectivity index (χ0) is 29.3. The Morgan fingerprint density at radius 3 is 1.95 bits per heavy atom. The van der Waals surface area contributed by atoms with Crippen LogP contribution in [0.3, 0.4) is 0 Å². The average molecular weight is 558 g/mol. The lowest BCUT2D eigenvalue weighted by molar-refractivity contribution is -0.117. The average Bonchev–Trinajstić information content (AvgIpc) is 3.67. The first-order valence-corrected chi connectivity index (χ1v) is 14.3. The molecule has 0 aliphatic carbocycles. The summed E-state index contributed by atoms with van der Waals surface area (Å²) in [7, 11) is 3.29. The third-order valence-electron chi connectivity index (χ3n) is 8.56. The van der Waals surface area contributed by atoms with E-state index in [0.717, 1.165) is 33.3 Å². The van der Waals surface area contributed by atoms with Crippen molar-refractivity contribution in [3.05, 3.63) is 137 Å². The number of amides is 1. The van der Waals surface area contributed by atoms with Crippen LogP contribution in [0.25, 0.3) is 10.9 Å². The number of fused-ring (bicyclic) bond motifs is 1. The molecule has 7 nitrogen and oxygen atoms in total. The fourth-order valence-corrected chi connectivity index (χ4v) is 6.36. The summed E-state index contributed by atoms with van der Waals surface area (Å²) in [6.07, 6.45) is 3.81. The molecule has 212 valence electrons. The first kappa shape index (κ1) is 27.3. The number of nitrogens with zero attached hydrogens (tertiary/aromatic N) is 3. The second kappa shape index (κ2) is 10.8. The molecule has 3 aromatic carbocycles. The van der Waals surface area contributed by atoms with Gasteiger partial charge in [-0.3, -0.25) is 4.79 Å². The normalized spacial score (nSPS) is 16.7. The van der Waals surface area contributed by atoms with E-state index in [4.69, 9.17) is 9.84 Å². The molecule has 2 N–H and O–H groups in total. The van der Waals surface area contributed by atoms with Gasteiger partial charge in [-0.25, -0.2) is 9.67 Å². The Balaban J connectivity index is 1.79. The lowest BCUT2D eigenvalue weighted by Crippen LogP contribution is -2.40. The summed E-state index contributed by atoms with van der Waals surface area (Å²) in [5.74, 6) is 0.445. The molecule has 0 bridgehead atoms. The van der Waals surface area contributed by atoms with Crippen LogP contribution in [0.5, 0.6) is 5.88 Å². The van der Waals surface area contributed by atoms with Crippen LogP contribution < -0.4 is 15.4 Å². The molecule has 1 amide bonds. The van der Waals surface area contributed by atoms with Crippen molar-refractivity contribution < 1.29 is 9.53 Å². The Labute approximate surface area is 246 Å². The van der Waals surface area contributed by atoms with Crippen LogP contribution in [0.2, 0.25) is 0 Å². The summed E-state index contributed by atoms with van der Waals surface area (Å²) in [6, 6.07) is 33.5. The maximum atomic E-state index is 12.8. The van der Waals surface area contributed by atoms with Gasteiger partial charge in [0.1, 0.15) is 5.54 Å². The summed E-state index contributed by atoms with van der Waals surface area (Å²) in [5, 5.41) is 12.5. The third-order valence-corrected chi connectivity index (χ3v) is 8.56. The van der Waals surface area contributed by atoms with E-state index in [1.165, 1.54) is 0 Å². The van der Waals surface area contributed by atoms with Crippen LogP contribution in [0.15, 0.2) is 115 Å². The number of benzene rings is 3. The predicted octanol–water partition coefficient (Wildman–Crippen LogP) is 5.41. The van der Waals surface area contributed by atoms with Crippen LogP contribution in [0, 0.1) is 5.92 Å². The molecular formula is C35H35N5O2. The van der Waals surface area contributed by atoms with Crippen LogP contribution in [-0.2, 0) is 15.7 Å². The van der Waals surface area contributed by atoms with E-state index in [1.807, 2.05) is 30.3 Å². The Morgan fingerprint density at radius 2 is 1.48 bits per heavy atom. The van der Waals surface area contributed by atoms with Crippen molar-refractivity contribution in [1.82, 2.24) is 25.4 Å². The number of carbonyl (C=O) groups is 1. The zero-order valence-corrected chi connectivity index (χ0v) is 24.3. The van der Waals surface area contributed by atoms with E-state index in [0.29, 0.717) is 18.1 Å². The number of likely N-dealkylation sites (N-methyl/N-ethyl adjacent to an activating group) is 1. The fraction of sp³-hybridized carbons (Fsp3) is 0.229. The molecule has 0 saturated carbocycles. The van der Waals surface area contributed by atoms with Gasteiger partial charge < -0.3 is 15.4 Å². The summed E-state index contributed by atoms with van der Waals surface area (Å²) in [4.78, 5) is 17.4. The maximum Gasteiger partial charge on any atom is 0.266 e. The van der Waals surface area contributed by atoms with Gasteiger partial charge in [-0.05, 0) is 34.8 Å². The van der Waals surface area contributed by atoms with Crippen molar-refractivity contribution in [2.45, 2.75) is 24.8 Å². The highest BCUT2D eigenvalue weighted by molar-refractivity contribution is 5.94. The molecule has 1 aliphatic rings. The number of hydrogen-bond acceptors (Lipinski definition) is 5. The smallest absolute Gasteiger partial charge is 0.266 e. The molecule has 5 aromatic rings. The molecule has 1 aliphatic heterocycles. The number of nitrogens with one attached hydrogen (secondary N) is 2. The minimum absolute atomic E-state index is 0.100. The number of pyridine rings is 1. The number of carbonyl (C=O) groups excluding carboxylic acids is 1. The first-order valence-electron chi connectivity index (χ1n) is 14.3. The highest BCUT2D eigenvalue weighted by atomic mass is 16.5. The predicted molar refractivity (Wildman–Crippen MR) is 165 cm³/mol. The van der Waals surface area contributed by atoms with E-state index < -0.39 is 11.0 Å². The molecule has 1 atom stereocenters. The minimum Gasteiger partial charge on any atom is -0.480 e. The van der Waals surface area contributed by atoms with Crippen molar-refractivity contribution in [2.75, 3.05) is 20.7 Å². The summed E-state index contributed by atoms with van der Waals surface area (Å²) in [6.45, 7) is 4.85. The molecule has 3 heterocycles. The second-order valence-corrected chi connectivity index (χ2v) is 11.0.